The van der Waals surface area contributed by atoms with Gasteiger partial charge in [0.1, 0.15) is 0 Å². The van der Waals surface area contributed by atoms with E-state index in [9.17, 15) is 18.0 Å². The van der Waals surface area contributed by atoms with E-state index in [1.165, 1.54) is 12.1 Å². The van der Waals surface area contributed by atoms with Crippen LogP contribution in [-0.4, -0.2) is 12.1 Å². The number of rotatable bonds is 4. The molecule has 4 aromatic carbocycles. The number of fused-ring (bicyclic) bond motifs is 2. The molecule has 4 aromatic rings. The fourth-order valence-corrected chi connectivity index (χ4v) is 3.44. The summed E-state index contributed by atoms with van der Waals surface area (Å²) in [5, 5.41) is 8.15. The number of amides is 1. The molecular weight excluding hydrogens is 389 g/mol. The third kappa shape index (κ3) is 4.17. The zero-order valence-electron chi connectivity index (χ0n) is 15.8. The van der Waals surface area contributed by atoms with Crippen molar-refractivity contribution in [3.05, 3.63) is 95.6 Å². The molecule has 0 fully saturated rings. The summed E-state index contributed by atoms with van der Waals surface area (Å²) in [4.78, 5) is 12.2. The molecule has 0 saturated carbocycles. The Morgan fingerprint density at radius 3 is 2.13 bits per heavy atom. The zero-order valence-corrected chi connectivity index (χ0v) is 15.8. The van der Waals surface area contributed by atoms with Crippen molar-refractivity contribution in [2.75, 3.05) is 0 Å². The molecule has 4 rings (SSSR count). The molecule has 0 aliphatic carbocycles. The zero-order chi connectivity index (χ0) is 21.1. The first-order valence-electron chi connectivity index (χ1n) is 9.30. The molecule has 1 N–H and O–H groups in total. The first kappa shape index (κ1) is 19.6. The van der Waals surface area contributed by atoms with E-state index in [1.54, 1.807) is 6.21 Å². The van der Waals surface area contributed by atoms with Gasteiger partial charge in [-0.3, -0.25) is 4.79 Å². The van der Waals surface area contributed by atoms with Gasteiger partial charge < -0.3 is 0 Å². The summed E-state index contributed by atoms with van der Waals surface area (Å²) in [6.07, 6.45) is -3.06. The molecule has 1 amide bonds. The molecule has 0 saturated heterocycles. The van der Waals surface area contributed by atoms with Gasteiger partial charge in [0, 0.05) is 5.56 Å². The number of carbonyl (C=O) groups is 1. The van der Waals surface area contributed by atoms with E-state index in [0.717, 1.165) is 39.2 Å². The Labute approximate surface area is 170 Å². The van der Waals surface area contributed by atoms with Gasteiger partial charge >= 0.3 is 6.18 Å². The van der Waals surface area contributed by atoms with E-state index in [4.69, 9.17) is 0 Å². The second-order valence-electron chi connectivity index (χ2n) is 6.90. The highest BCUT2D eigenvalue weighted by Crippen LogP contribution is 2.30. The Morgan fingerprint density at radius 2 is 1.50 bits per heavy atom. The number of hydrazone groups is 1. The van der Waals surface area contributed by atoms with E-state index in [2.05, 4.69) is 16.6 Å². The topological polar surface area (TPSA) is 41.5 Å². The fraction of sp³-hybridized carbons (Fsp3) is 0.0833. The molecule has 0 bridgehead atoms. The number of hydrogen-bond donors (Lipinski definition) is 1. The number of nitrogens with one attached hydrogen (secondary N) is 1. The van der Waals surface area contributed by atoms with Crippen molar-refractivity contribution in [2.45, 2.75) is 12.6 Å². The van der Waals surface area contributed by atoms with Crippen LogP contribution in [0.15, 0.2) is 84.0 Å². The van der Waals surface area contributed by atoms with E-state index in [1.807, 2.05) is 48.5 Å². The van der Waals surface area contributed by atoms with Crippen LogP contribution in [0.1, 0.15) is 16.7 Å². The first-order chi connectivity index (χ1) is 14.4. The third-order valence-electron chi connectivity index (χ3n) is 4.81. The van der Waals surface area contributed by atoms with Crippen molar-refractivity contribution in [3.8, 4) is 0 Å². The standard InChI is InChI=1S/C24H17F3N2O/c25-24(26,27)19-9-5-6-16(12-19)13-23(30)29-28-15-22-20-10-3-1-7-17(20)14-18-8-2-4-11-21(18)22/h1-12,14-15H,13H2,(H,29,30)/b28-15+. The SMILES string of the molecule is O=C(Cc1cccc(C(F)(F)F)c1)N/N=C/c1c2ccccc2cc2ccccc12. The van der Waals surface area contributed by atoms with Crippen molar-refractivity contribution in [2.24, 2.45) is 5.10 Å². The van der Waals surface area contributed by atoms with Crippen molar-refractivity contribution >= 4 is 33.7 Å². The van der Waals surface area contributed by atoms with E-state index >= 15 is 0 Å². The summed E-state index contributed by atoms with van der Waals surface area (Å²) in [6, 6.07) is 22.6. The molecule has 0 aromatic heterocycles. The number of nitrogens with zero attached hydrogens (tertiary/aromatic N) is 1. The molecule has 30 heavy (non-hydrogen) atoms. The summed E-state index contributed by atoms with van der Waals surface area (Å²) in [6.45, 7) is 0. The van der Waals surface area contributed by atoms with Crippen LogP contribution in [0.5, 0.6) is 0 Å². The molecular formula is C24H17F3N2O. The summed E-state index contributed by atoms with van der Waals surface area (Å²) in [5.74, 6) is -0.491. The molecule has 150 valence electrons. The lowest BCUT2D eigenvalue weighted by Crippen LogP contribution is -2.20. The molecule has 0 unspecified atom stereocenters. The quantitative estimate of drug-likeness (QED) is 0.263. The lowest BCUT2D eigenvalue weighted by Gasteiger charge is -2.09. The van der Waals surface area contributed by atoms with Gasteiger partial charge in [-0.1, -0.05) is 66.7 Å². The van der Waals surface area contributed by atoms with Gasteiger partial charge in [-0.15, -0.1) is 0 Å². The smallest absolute Gasteiger partial charge is 0.273 e. The van der Waals surface area contributed by atoms with E-state index < -0.39 is 17.6 Å². The Morgan fingerprint density at radius 1 is 0.867 bits per heavy atom. The van der Waals surface area contributed by atoms with Crippen LogP contribution in [0.3, 0.4) is 0 Å². The van der Waals surface area contributed by atoms with Gasteiger partial charge in [0.25, 0.3) is 0 Å². The molecule has 0 spiro atoms. The highest BCUT2D eigenvalue weighted by atomic mass is 19.4. The monoisotopic (exact) mass is 406 g/mol. The second kappa shape index (κ2) is 7.99. The maximum absolute atomic E-state index is 12.8. The lowest BCUT2D eigenvalue weighted by atomic mass is 9.97. The predicted octanol–water partition coefficient (Wildman–Crippen LogP) is 5.70. The summed E-state index contributed by atoms with van der Waals surface area (Å²) in [7, 11) is 0. The maximum Gasteiger partial charge on any atom is 0.416 e. The Hall–Kier alpha value is -3.67. The van der Waals surface area contributed by atoms with Gasteiger partial charge in [-0.05, 0) is 39.2 Å². The number of hydrogen-bond acceptors (Lipinski definition) is 2. The molecule has 0 aliphatic rings. The van der Waals surface area contributed by atoms with Gasteiger partial charge in [0.2, 0.25) is 5.91 Å². The van der Waals surface area contributed by atoms with Gasteiger partial charge in [-0.25, -0.2) is 5.43 Å². The summed E-state index contributed by atoms with van der Waals surface area (Å²) in [5.41, 5.74) is 2.77. The van der Waals surface area contributed by atoms with Gasteiger partial charge in [0.15, 0.2) is 0 Å². The minimum atomic E-state index is -4.44. The number of benzene rings is 4. The van der Waals surface area contributed by atoms with Crippen LogP contribution < -0.4 is 5.43 Å². The van der Waals surface area contributed by atoms with Crippen LogP contribution in [0.2, 0.25) is 0 Å². The second-order valence-corrected chi connectivity index (χ2v) is 6.90. The molecule has 0 heterocycles. The Bertz CT molecular complexity index is 1210. The third-order valence-corrected chi connectivity index (χ3v) is 4.81. The minimum Gasteiger partial charge on any atom is -0.273 e. The van der Waals surface area contributed by atoms with Crippen LogP contribution in [0.4, 0.5) is 13.2 Å². The van der Waals surface area contributed by atoms with Gasteiger partial charge in [-0.2, -0.15) is 18.3 Å². The fourth-order valence-electron chi connectivity index (χ4n) is 3.44. The molecule has 0 radical (unpaired) electrons. The normalized spacial score (nSPS) is 12.0. The average Bonchev–Trinajstić information content (AvgIpc) is 2.73. The largest absolute Gasteiger partial charge is 0.416 e. The molecule has 0 aliphatic heterocycles. The molecule has 6 heteroatoms. The number of alkyl halides is 3. The van der Waals surface area contributed by atoms with Crippen molar-refractivity contribution in [3.63, 3.8) is 0 Å². The first-order valence-corrected chi connectivity index (χ1v) is 9.30. The van der Waals surface area contributed by atoms with Crippen LogP contribution in [0, 0.1) is 0 Å². The minimum absolute atomic E-state index is 0.197. The van der Waals surface area contributed by atoms with Crippen LogP contribution in [0.25, 0.3) is 21.5 Å². The van der Waals surface area contributed by atoms with Crippen LogP contribution >= 0.6 is 0 Å². The van der Waals surface area contributed by atoms with Crippen molar-refractivity contribution in [1.82, 2.24) is 5.43 Å². The van der Waals surface area contributed by atoms with E-state index in [0.29, 0.717) is 0 Å². The lowest BCUT2D eigenvalue weighted by molar-refractivity contribution is -0.137. The van der Waals surface area contributed by atoms with Crippen LogP contribution in [-0.2, 0) is 17.4 Å². The molecule has 3 nitrogen and oxygen atoms in total. The Balaban J connectivity index is 1.56. The summed E-state index contributed by atoms with van der Waals surface area (Å²) >= 11 is 0. The van der Waals surface area contributed by atoms with E-state index in [-0.39, 0.29) is 12.0 Å². The highest BCUT2D eigenvalue weighted by Gasteiger charge is 2.30. The number of halogens is 3. The molecule has 0 atom stereocenters. The van der Waals surface area contributed by atoms with Crippen molar-refractivity contribution < 1.29 is 18.0 Å². The average molecular weight is 406 g/mol. The number of carbonyl (C=O) groups excluding carboxylic acids is 1. The van der Waals surface area contributed by atoms with Gasteiger partial charge in [0.05, 0.1) is 18.2 Å². The highest BCUT2D eigenvalue weighted by molar-refractivity contribution is 6.13. The Kier molecular flexibility index (Phi) is 5.23. The summed E-state index contributed by atoms with van der Waals surface area (Å²) < 4.78 is 38.5. The predicted molar refractivity (Wildman–Crippen MR) is 112 cm³/mol. The van der Waals surface area contributed by atoms with Crippen molar-refractivity contribution in [1.29, 1.82) is 0 Å². The maximum atomic E-state index is 12.8.